The molecule has 0 saturated heterocycles. The lowest BCUT2D eigenvalue weighted by molar-refractivity contribution is -0.388. The van der Waals surface area contributed by atoms with Crippen LogP contribution in [0.25, 0.3) is 0 Å². The summed E-state index contributed by atoms with van der Waals surface area (Å²) in [5.41, 5.74) is -0.265. The van der Waals surface area contributed by atoms with Crippen LogP contribution in [-0.2, 0) is 20.2 Å². The van der Waals surface area contributed by atoms with E-state index in [1.165, 1.54) is 0 Å². The van der Waals surface area contributed by atoms with E-state index < -0.39 is 51.2 Å². The Morgan fingerprint density at radius 1 is 0.886 bits per heavy atom. The Morgan fingerprint density at radius 3 is 1.83 bits per heavy atom. The number of ether oxygens (including phenoxy) is 2. The molecule has 0 unspecified atom stereocenters. The quantitative estimate of drug-likeness (QED) is 0.0986. The van der Waals surface area contributed by atoms with Crippen molar-refractivity contribution in [3.05, 3.63) is 44.5 Å². The number of nitrogens with one attached hydrogen (secondary N) is 1. The molecule has 0 heterocycles. The van der Waals surface area contributed by atoms with Crippen LogP contribution >= 0.6 is 0 Å². The third-order valence-corrected chi connectivity index (χ3v) is 5.72. The number of nitrogens with zero attached hydrogens (tertiary/aromatic N) is 5. The summed E-state index contributed by atoms with van der Waals surface area (Å²) in [7, 11) is -7.78. The van der Waals surface area contributed by atoms with Gasteiger partial charge in [-0.15, -0.1) is 10.2 Å². The second kappa shape index (κ2) is 10.3. The largest absolute Gasteiger partial charge is 0.494 e. The fourth-order valence-electron chi connectivity index (χ4n) is 2.50. The molecule has 3 N–H and O–H groups in total. The van der Waals surface area contributed by atoms with E-state index in [0.29, 0.717) is 24.5 Å². The molecular weight excluding hydrogens is 520 g/mol. The van der Waals surface area contributed by atoms with Gasteiger partial charge in [-0.2, -0.15) is 21.9 Å². The van der Waals surface area contributed by atoms with Gasteiger partial charge in [-0.05, 0) is 12.1 Å². The van der Waals surface area contributed by atoms with Crippen LogP contribution in [0.15, 0.2) is 49.4 Å². The van der Waals surface area contributed by atoms with Crippen molar-refractivity contribution in [1.82, 2.24) is 0 Å². The Kier molecular flexibility index (Phi) is 7.97. The number of methoxy groups -OCH3 is 2. The number of benzene rings is 2. The molecule has 20 heteroatoms. The number of rotatable bonds is 10. The number of nitro groups is 2. The summed E-state index contributed by atoms with van der Waals surface area (Å²) in [6.45, 7) is 0. The van der Waals surface area contributed by atoms with E-state index in [9.17, 15) is 46.2 Å². The second-order valence-electron chi connectivity index (χ2n) is 6.05. The van der Waals surface area contributed by atoms with Crippen LogP contribution in [0.3, 0.4) is 0 Å². The summed E-state index contributed by atoms with van der Waals surface area (Å²) in [6, 6.07) is 2.74. The van der Waals surface area contributed by atoms with Crippen molar-refractivity contribution in [3.63, 3.8) is 0 Å². The number of hydrogen-bond donors (Lipinski definition) is 3. The Morgan fingerprint density at radius 2 is 1.37 bits per heavy atom. The number of anilines is 1. The van der Waals surface area contributed by atoms with E-state index in [4.69, 9.17) is 9.47 Å². The molecule has 2 rings (SSSR count). The van der Waals surface area contributed by atoms with Crippen molar-refractivity contribution in [2.75, 3.05) is 19.6 Å². The van der Waals surface area contributed by atoms with Crippen LogP contribution in [0.5, 0.6) is 11.5 Å². The van der Waals surface area contributed by atoms with E-state index in [1.54, 1.807) is 0 Å². The van der Waals surface area contributed by atoms with Crippen LogP contribution in [0.2, 0.25) is 0 Å². The van der Waals surface area contributed by atoms with Crippen molar-refractivity contribution >= 4 is 49.3 Å². The third kappa shape index (κ3) is 6.41. The molecule has 0 aliphatic heterocycles. The maximum Gasteiger partial charge on any atom is 0.301 e. The third-order valence-electron chi connectivity index (χ3n) is 3.95. The van der Waals surface area contributed by atoms with Crippen LogP contribution in [-0.4, -0.2) is 56.3 Å². The Labute approximate surface area is 195 Å². The lowest BCUT2D eigenvalue weighted by Crippen LogP contribution is -2.05. The molecule has 0 aliphatic carbocycles. The van der Waals surface area contributed by atoms with Gasteiger partial charge >= 0.3 is 20.2 Å². The van der Waals surface area contributed by atoms with E-state index in [-0.39, 0.29) is 22.9 Å². The van der Waals surface area contributed by atoms with Crippen molar-refractivity contribution in [2.45, 2.75) is 9.79 Å². The highest BCUT2D eigenvalue weighted by Crippen LogP contribution is 2.37. The van der Waals surface area contributed by atoms with Crippen molar-refractivity contribution in [3.8, 4) is 11.5 Å². The zero-order valence-corrected chi connectivity index (χ0v) is 19.0. The monoisotopic (exact) mass is 534 g/mol. The standard InChI is InChI=1S/C15H14N6O12S2/c1-32-12-5-10(20(22)23)14(34(26,27)28)3-8(12)18-16-7-17-19-9-4-15(35(29,30)31)11(21(24)25)6-13(9)33-2/h3-7,18H,1-2H3,(H,26,27,28)(H,29,30,31)/b16-7+,19-17?. The molecule has 18 nitrogen and oxygen atoms in total. The molecular formula is C15H14N6O12S2. The molecule has 0 atom stereocenters. The highest BCUT2D eigenvalue weighted by molar-refractivity contribution is 7.86. The number of nitro benzene ring substituents is 2. The first-order valence-corrected chi connectivity index (χ1v) is 11.4. The van der Waals surface area contributed by atoms with Crippen molar-refractivity contribution in [2.24, 2.45) is 15.3 Å². The van der Waals surface area contributed by atoms with Gasteiger partial charge in [0.15, 0.2) is 27.6 Å². The number of hydrazone groups is 1. The minimum absolute atomic E-state index is 0.229. The maximum absolute atomic E-state index is 11.5. The van der Waals surface area contributed by atoms with Crippen molar-refractivity contribution in [1.29, 1.82) is 0 Å². The van der Waals surface area contributed by atoms with Gasteiger partial charge in [0.25, 0.3) is 11.4 Å². The molecule has 0 aromatic heterocycles. The molecule has 0 saturated carbocycles. The molecule has 0 aliphatic rings. The summed E-state index contributed by atoms with van der Waals surface area (Å²) in [6.07, 6.45) is 0.710. The topological polar surface area (TPSA) is 263 Å². The van der Waals surface area contributed by atoms with Gasteiger partial charge in [0, 0.05) is 0 Å². The number of hydrogen-bond acceptors (Lipinski definition) is 13. The molecule has 2 aromatic carbocycles. The lowest BCUT2D eigenvalue weighted by Gasteiger charge is -2.09. The van der Waals surface area contributed by atoms with Crippen LogP contribution in [0.1, 0.15) is 0 Å². The predicted molar refractivity (Wildman–Crippen MR) is 116 cm³/mol. The fourth-order valence-corrected chi connectivity index (χ4v) is 3.82. The molecule has 2 aromatic rings. The molecule has 0 bridgehead atoms. The highest BCUT2D eigenvalue weighted by Gasteiger charge is 2.28. The molecule has 35 heavy (non-hydrogen) atoms. The summed E-state index contributed by atoms with van der Waals surface area (Å²) in [5, 5.41) is 32.7. The smallest absolute Gasteiger partial charge is 0.301 e. The fraction of sp³-hybridized carbons (Fsp3) is 0.133. The van der Waals surface area contributed by atoms with Gasteiger partial charge in [0.2, 0.25) is 0 Å². The summed E-state index contributed by atoms with van der Waals surface area (Å²) in [5.74, 6) is -0.503. The first-order chi connectivity index (χ1) is 16.2. The van der Waals surface area contributed by atoms with E-state index >= 15 is 0 Å². The normalized spacial score (nSPS) is 12.1. The summed E-state index contributed by atoms with van der Waals surface area (Å²) >= 11 is 0. The molecule has 188 valence electrons. The minimum atomic E-state index is -5.01. The molecule has 0 fully saturated rings. The van der Waals surface area contributed by atoms with Gasteiger partial charge in [0.1, 0.15) is 11.4 Å². The zero-order chi connectivity index (χ0) is 26.6. The molecule has 0 spiro atoms. The Bertz CT molecular complexity index is 1450. The first-order valence-electron chi connectivity index (χ1n) is 8.57. The van der Waals surface area contributed by atoms with Gasteiger partial charge in [-0.1, -0.05) is 0 Å². The second-order valence-corrected chi connectivity index (χ2v) is 8.83. The van der Waals surface area contributed by atoms with Crippen LogP contribution in [0.4, 0.5) is 22.7 Å². The van der Waals surface area contributed by atoms with Gasteiger partial charge in [-0.25, -0.2) is 0 Å². The average Bonchev–Trinajstić information content (AvgIpc) is 2.76. The van der Waals surface area contributed by atoms with E-state index in [0.717, 1.165) is 20.3 Å². The van der Waals surface area contributed by atoms with Gasteiger partial charge < -0.3 is 9.47 Å². The SMILES string of the molecule is COc1cc([N+](=O)[O-])c(S(=O)(=O)O)cc1N=N/C=N/Nc1cc(S(=O)(=O)O)c([N+](=O)[O-])cc1OC. The van der Waals surface area contributed by atoms with E-state index in [2.05, 4.69) is 20.8 Å². The van der Waals surface area contributed by atoms with Gasteiger partial charge in [0.05, 0.1) is 36.2 Å². The average molecular weight is 534 g/mol. The summed E-state index contributed by atoms with van der Waals surface area (Å²) in [4.78, 5) is 17.9. The lowest BCUT2D eigenvalue weighted by atomic mass is 10.2. The minimum Gasteiger partial charge on any atom is -0.494 e. The Hall–Kier alpha value is -4.27. The molecule has 0 amide bonds. The maximum atomic E-state index is 11.5. The Balaban J connectivity index is 2.41. The zero-order valence-electron chi connectivity index (χ0n) is 17.4. The molecule has 0 radical (unpaired) electrons. The van der Waals surface area contributed by atoms with Crippen LogP contribution < -0.4 is 14.9 Å². The first kappa shape index (κ1) is 27.0. The van der Waals surface area contributed by atoms with Crippen molar-refractivity contribution < 1.29 is 45.3 Å². The van der Waals surface area contributed by atoms with E-state index in [1.807, 2.05) is 0 Å². The highest BCUT2D eigenvalue weighted by atomic mass is 32.2. The van der Waals surface area contributed by atoms with Gasteiger partial charge in [-0.3, -0.25) is 34.8 Å². The predicted octanol–water partition coefficient (Wildman–Crippen LogP) is 2.15. The van der Waals surface area contributed by atoms with Crippen LogP contribution in [0, 0.1) is 20.2 Å². The summed E-state index contributed by atoms with van der Waals surface area (Å²) < 4.78 is 74.1. The number of azo groups is 1.